The summed E-state index contributed by atoms with van der Waals surface area (Å²) >= 11 is 3.37. The fraction of sp³-hybridized carbons (Fsp3) is 0.200. The first-order valence-corrected chi connectivity index (χ1v) is 4.72. The number of halogens is 1. The van der Waals surface area contributed by atoms with Crippen molar-refractivity contribution < 1.29 is 0 Å². The molecule has 1 rings (SSSR count). The fourth-order valence-corrected chi connectivity index (χ4v) is 1.23. The molecule has 0 heterocycles. The Morgan fingerprint density at radius 1 is 1.54 bits per heavy atom. The predicted molar refractivity (Wildman–Crippen MR) is 59.4 cm³/mol. The van der Waals surface area contributed by atoms with E-state index in [9.17, 15) is 0 Å². The number of benzene rings is 1. The summed E-state index contributed by atoms with van der Waals surface area (Å²) in [7, 11) is 1.86. The quantitative estimate of drug-likeness (QED) is 0.577. The van der Waals surface area contributed by atoms with Gasteiger partial charge in [-0.2, -0.15) is 0 Å². The molecule has 0 aliphatic carbocycles. The Kier molecular flexibility index (Phi) is 3.81. The van der Waals surface area contributed by atoms with Gasteiger partial charge in [0.05, 0.1) is 6.54 Å². The van der Waals surface area contributed by atoms with Crippen LogP contribution in [0.3, 0.4) is 0 Å². The van der Waals surface area contributed by atoms with Crippen molar-refractivity contribution in [2.45, 2.75) is 0 Å². The van der Waals surface area contributed by atoms with Crippen molar-refractivity contribution in [1.82, 2.24) is 5.32 Å². The largest absolute Gasteiger partial charge is 0.398 e. The maximum Gasteiger partial charge on any atom is 0.0577 e. The van der Waals surface area contributed by atoms with Crippen LogP contribution in [0.25, 0.3) is 0 Å². The third kappa shape index (κ3) is 3.10. The first-order valence-electron chi connectivity index (χ1n) is 3.92. The molecule has 0 spiro atoms. The van der Waals surface area contributed by atoms with Crippen molar-refractivity contribution in [3.05, 3.63) is 28.2 Å². The normalized spacial score (nSPS) is 9.08. The molecule has 3 N–H and O–H groups in total. The molecule has 0 aliphatic rings. The maximum absolute atomic E-state index is 5.73. The van der Waals surface area contributed by atoms with Crippen LogP contribution in [0.1, 0.15) is 5.56 Å². The van der Waals surface area contributed by atoms with Gasteiger partial charge in [0.15, 0.2) is 0 Å². The second-order valence-electron chi connectivity index (χ2n) is 2.56. The van der Waals surface area contributed by atoms with Crippen LogP contribution >= 0.6 is 15.9 Å². The molecule has 0 saturated carbocycles. The summed E-state index contributed by atoms with van der Waals surface area (Å²) in [5.74, 6) is 5.94. The first-order chi connectivity index (χ1) is 6.24. The third-order valence-corrected chi connectivity index (χ3v) is 2.00. The summed E-state index contributed by atoms with van der Waals surface area (Å²) in [5.41, 5.74) is 7.31. The molecule has 0 aliphatic heterocycles. The second-order valence-corrected chi connectivity index (χ2v) is 3.48. The Balaban J connectivity index is 2.89. The minimum Gasteiger partial charge on any atom is -0.398 e. The molecule has 0 unspecified atom stereocenters. The molecule has 68 valence electrons. The van der Waals surface area contributed by atoms with Gasteiger partial charge in [-0.25, -0.2) is 0 Å². The number of hydrogen-bond donors (Lipinski definition) is 2. The predicted octanol–water partition coefficient (Wildman–Crippen LogP) is 1.60. The van der Waals surface area contributed by atoms with Crippen LogP contribution < -0.4 is 11.1 Å². The number of hydrogen-bond acceptors (Lipinski definition) is 2. The Hall–Kier alpha value is -0.980. The van der Waals surface area contributed by atoms with Gasteiger partial charge in [0.2, 0.25) is 0 Å². The number of nitrogens with two attached hydrogens (primary N) is 1. The highest BCUT2D eigenvalue weighted by atomic mass is 79.9. The average Bonchev–Trinajstić information content (AvgIpc) is 2.11. The second kappa shape index (κ2) is 4.90. The number of rotatable bonds is 1. The molecule has 0 fully saturated rings. The summed E-state index contributed by atoms with van der Waals surface area (Å²) in [6.07, 6.45) is 0. The highest BCUT2D eigenvalue weighted by Gasteiger charge is 1.94. The van der Waals surface area contributed by atoms with Gasteiger partial charge in [-0.05, 0) is 25.2 Å². The summed E-state index contributed by atoms with van der Waals surface area (Å²) in [5, 5.41) is 2.95. The standard InChI is InChI=1S/C10H11BrN2/c1-13-6-2-3-8-7-9(11)4-5-10(8)12/h4-5,7,13H,6,12H2,1H3. The molecule has 0 saturated heterocycles. The van der Waals surface area contributed by atoms with Gasteiger partial charge in [0.25, 0.3) is 0 Å². The van der Waals surface area contributed by atoms with E-state index in [0.29, 0.717) is 12.2 Å². The average molecular weight is 239 g/mol. The van der Waals surface area contributed by atoms with Crippen LogP contribution in [-0.2, 0) is 0 Å². The van der Waals surface area contributed by atoms with Crippen LogP contribution in [0.5, 0.6) is 0 Å². The molecule has 13 heavy (non-hydrogen) atoms. The van der Waals surface area contributed by atoms with Gasteiger partial charge in [-0.1, -0.05) is 27.8 Å². The Morgan fingerprint density at radius 3 is 3.00 bits per heavy atom. The van der Waals surface area contributed by atoms with E-state index < -0.39 is 0 Å². The lowest BCUT2D eigenvalue weighted by Gasteiger charge is -1.97. The van der Waals surface area contributed by atoms with Crippen molar-refractivity contribution in [1.29, 1.82) is 0 Å². The molecule has 0 bridgehead atoms. The SMILES string of the molecule is CNCC#Cc1cc(Br)ccc1N. The van der Waals surface area contributed by atoms with Crippen LogP contribution in [0, 0.1) is 11.8 Å². The Bertz CT molecular complexity index is 350. The van der Waals surface area contributed by atoms with Crippen LogP contribution in [0.2, 0.25) is 0 Å². The lowest BCUT2D eigenvalue weighted by molar-refractivity contribution is 0.938. The van der Waals surface area contributed by atoms with E-state index in [1.807, 2.05) is 25.2 Å². The summed E-state index contributed by atoms with van der Waals surface area (Å²) in [6.45, 7) is 0.673. The van der Waals surface area contributed by atoms with E-state index in [0.717, 1.165) is 10.0 Å². The topological polar surface area (TPSA) is 38.0 Å². The van der Waals surface area contributed by atoms with Gasteiger partial charge < -0.3 is 11.1 Å². The van der Waals surface area contributed by atoms with Gasteiger partial charge in [0.1, 0.15) is 0 Å². The van der Waals surface area contributed by atoms with Crippen molar-refractivity contribution in [3.8, 4) is 11.8 Å². The van der Waals surface area contributed by atoms with E-state index in [4.69, 9.17) is 5.73 Å². The van der Waals surface area contributed by atoms with Crippen LogP contribution in [-0.4, -0.2) is 13.6 Å². The molecule has 0 aromatic heterocycles. The highest BCUT2D eigenvalue weighted by Crippen LogP contribution is 2.16. The fourth-order valence-electron chi connectivity index (χ4n) is 0.865. The van der Waals surface area contributed by atoms with Crippen LogP contribution in [0.4, 0.5) is 5.69 Å². The minimum atomic E-state index is 0.673. The lowest BCUT2D eigenvalue weighted by Crippen LogP contribution is -2.04. The van der Waals surface area contributed by atoms with E-state index in [1.165, 1.54) is 0 Å². The van der Waals surface area contributed by atoms with E-state index in [2.05, 4.69) is 33.1 Å². The van der Waals surface area contributed by atoms with Gasteiger partial charge in [-0.15, -0.1) is 0 Å². The molecule has 1 aromatic carbocycles. The van der Waals surface area contributed by atoms with E-state index in [1.54, 1.807) is 0 Å². The van der Waals surface area contributed by atoms with Gasteiger partial charge >= 0.3 is 0 Å². The lowest BCUT2D eigenvalue weighted by atomic mass is 10.2. The van der Waals surface area contributed by atoms with Gasteiger partial charge in [-0.3, -0.25) is 0 Å². The van der Waals surface area contributed by atoms with Crippen molar-refractivity contribution in [3.63, 3.8) is 0 Å². The van der Waals surface area contributed by atoms with Gasteiger partial charge in [0, 0.05) is 15.7 Å². The van der Waals surface area contributed by atoms with E-state index >= 15 is 0 Å². The zero-order chi connectivity index (χ0) is 9.68. The molecule has 1 aromatic rings. The molecular formula is C10H11BrN2. The summed E-state index contributed by atoms with van der Waals surface area (Å²) in [4.78, 5) is 0. The monoisotopic (exact) mass is 238 g/mol. The zero-order valence-corrected chi connectivity index (χ0v) is 8.98. The zero-order valence-electron chi connectivity index (χ0n) is 7.39. The molecule has 0 amide bonds. The minimum absolute atomic E-state index is 0.673. The molecule has 3 heteroatoms. The number of anilines is 1. The summed E-state index contributed by atoms with van der Waals surface area (Å²) < 4.78 is 0.996. The first kappa shape index (κ1) is 10.1. The molecular weight excluding hydrogens is 228 g/mol. The molecule has 0 atom stereocenters. The highest BCUT2D eigenvalue weighted by molar-refractivity contribution is 9.10. The van der Waals surface area contributed by atoms with E-state index in [-0.39, 0.29) is 0 Å². The molecule has 2 nitrogen and oxygen atoms in total. The Morgan fingerprint density at radius 2 is 2.31 bits per heavy atom. The number of nitrogens with one attached hydrogen (secondary N) is 1. The van der Waals surface area contributed by atoms with Crippen molar-refractivity contribution in [2.24, 2.45) is 0 Å². The number of nitrogen functional groups attached to an aromatic ring is 1. The van der Waals surface area contributed by atoms with Crippen molar-refractivity contribution in [2.75, 3.05) is 19.3 Å². The maximum atomic E-state index is 5.73. The summed E-state index contributed by atoms with van der Waals surface area (Å²) in [6, 6.07) is 5.66. The van der Waals surface area contributed by atoms with Crippen molar-refractivity contribution >= 4 is 21.6 Å². The third-order valence-electron chi connectivity index (χ3n) is 1.50. The molecule has 0 radical (unpaired) electrons. The smallest absolute Gasteiger partial charge is 0.0577 e. The Labute approximate surface area is 86.6 Å². The van der Waals surface area contributed by atoms with Crippen LogP contribution in [0.15, 0.2) is 22.7 Å².